The van der Waals surface area contributed by atoms with E-state index in [1.54, 1.807) is 0 Å². The topological polar surface area (TPSA) is 54.4 Å². The number of ketones is 1. The fourth-order valence-corrected chi connectivity index (χ4v) is 1.60. The number of Topliss-reactive ketones (excluding diaryl/α,β-unsaturated/α-hetero) is 1. The molecule has 0 aromatic carbocycles. The molecule has 3 nitrogen and oxygen atoms in total. The quantitative estimate of drug-likeness (QED) is 0.424. The van der Waals surface area contributed by atoms with Crippen molar-refractivity contribution in [1.82, 2.24) is 0 Å². The SMILES string of the molecule is CCCC=CC=CC=CCCCCC(=O)CCC(=O)O. The van der Waals surface area contributed by atoms with Crippen LogP contribution in [0.1, 0.15) is 58.3 Å². The van der Waals surface area contributed by atoms with E-state index in [0.717, 1.165) is 25.7 Å². The summed E-state index contributed by atoms with van der Waals surface area (Å²) in [4.78, 5) is 21.6. The summed E-state index contributed by atoms with van der Waals surface area (Å²) in [7, 11) is 0. The lowest BCUT2D eigenvalue weighted by molar-refractivity contribution is -0.138. The van der Waals surface area contributed by atoms with Gasteiger partial charge in [-0.25, -0.2) is 0 Å². The van der Waals surface area contributed by atoms with E-state index in [9.17, 15) is 9.59 Å². The van der Waals surface area contributed by atoms with E-state index in [1.165, 1.54) is 6.42 Å². The number of carbonyl (C=O) groups excluding carboxylic acids is 1. The van der Waals surface area contributed by atoms with Crippen molar-refractivity contribution in [2.24, 2.45) is 0 Å². The van der Waals surface area contributed by atoms with Gasteiger partial charge >= 0.3 is 5.97 Å². The van der Waals surface area contributed by atoms with Crippen molar-refractivity contribution in [2.45, 2.75) is 58.3 Å². The molecule has 0 aromatic rings. The number of carboxylic acid groups (broad SMARTS) is 1. The molecule has 0 unspecified atom stereocenters. The highest BCUT2D eigenvalue weighted by molar-refractivity contribution is 5.82. The predicted octanol–water partition coefficient (Wildman–Crippen LogP) is 4.45. The van der Waals surface area contributed by atoms with Crippen molar-refractivity contribution < 1.29 is 14.7 Å². The zero-order valence-electron chi connectivity index (χ0n) is 12.4. The molecule has 3 heteroatoms. The number of rotatable bonds is 12. The van der Waals surface area contributed by atoms with E-state index in [-0.39, 0.29) is 18.6 Å². The smallest absolute Gasteiger partial charge is 0.303 e. The number of carboxylic acids is 1. The van der Waals surface area contributed by atoms with Crippen LogP contribution in [-0.2, 0) is 9.59 Å². The lowest BCUT2D eigenvalue weighted by atomic mass is 10.1. The maximum atomic E-state index is 11.3. The molecular formula is C17H26O3. The Hall–Kier alpha value is -1.64. The molecule has 0 saturated heterocycles. The molecule has 0 radical (unpaired) electrons. The zero-order valence-corrected chi connectivity index (χ0v) is 12.4. The lowest BCUT2D eigenvalue weighted by Gasteiger charge is -1.97. The fraction of sp³-hybridized carbons (Fsp3) is 0.529. The number of aliphatic carboxylic acids is 1. The molecule has 112 valence electrons. The van der Waals surface area contributed by atoms with E-state index >= 15 is 0 Å². The molecule has 0 rings (SSSR count). The normalized spacial score (nSPS) is 11.8. The van der Waals surface area contributed by atoms with Gasteiger partial charge in [0.25, 0.3) is 0 Å². The van der Waals surface area contributed by atoms with Gasteiger partial charge < -0.3 is 5.11 Å². The Morgan fingerprint density at radius 1 is 0.850 bits per heavy atom. The van der Waals surface area contributed by atoms with Gasteiger partial charge in [-0.1, -0.05) is 49.8 Å². The highest BCUT2D eigenvalue weighted by Gasteiger charge is 2.04. The largest absolute Gasteiger partial charge is 0.481 e. The summed E-state index contributed by atoms with van der Waals surface area (Å²) < 4.78 is 0. The molecule has 20 heavy (non-hydrogen) atoms. The van der Waals surface area contributed by atoms with Crippen LogP contribution in [0.3, 0.4) is 0 Å². The average molecular weight is 278 g/mol. The van der Waals surface area contributed by atoms with Crippen molar-refractivity contribution in [2.75, 3.05) is 0 Å². The third kappa shape index (κ3) is 14.4. The standard InChI is InChI=1S/C17H26O3/c1-2-3-4-5-6-7-8-9-10-11-12-13-16(18)14-15-17(19)20/h4-9H,2-3,10-15H2,1H3,(H,19,20). The second-order valence-corrected chi connectivity index (χ2v) is 4.71. The summed E-state index contributed by atoms with van der Waals surface area (Å²) in [5.41, 5.74) is 0. The van der Waals surface area contributed by atoms with Crippen molar-refractivity contribution in [1.29, 1.82) is 0 Å². The van der Waals surface area contributed by atoms with Crippen molar-refractivity contribution >= 4 is 11.8 Å². The summed E-state index contributed by atoms with van der Waals surface area (Å²) in [6.07, 6.45) is 18.0. The Kier molecular flexibility index (Phi) is 12.7. The van der Waals surface area contributed by atoms with Gasteiger partial charge in [0.05, 0.1) is 6.42 Å². The first-order valence-corrected chi connectivity index (χ1v) is 7.38. The number of carbonyl (C=O) groups is 2. The van der Waals surface area contributed by atoms with Crippen LogP contribution in [0.2, 0.25) is 0 Å². The third-order valence-corrected chi connectivity index (χ3v) is 2.75. The fourth-order valence-electron chi connectivity index (χ4n) is 1.60. The van der Waals surface area contributed by atoms with Gasteiger partial charge in [-0.15, -0.1) is 0 Å². The first-order valence-electron chi connectivity index (χ1n) is 7.38. The van der Waals surface area contributed by atoms with Crippen LogP contribution >= 0.6 is 0 Å². The number of hydrogen-bond donors (Lipinski definition) is 1. The van der Waals surface area contributed by atoms with E-state index < -0.39 is 5.97 Å². The minimum atomic E-state index is -0.902. The Bertz CT molecular complexity index is 351. The van der Waals surface area contributed by atoms with E-state index in [0.29, 0.717) is 6.42 Å². The van der Waals surface area contributed by atoms with Crippen molar-refractivity contribution in [3.05, 3.63) is 36.5 Å². The molecule has 0 aromatic heterocycles. The molecule has 1 N–H and O–H groups in total. The van der Waals surface area contributed by atoms with Crippen LogP contribution in [-0.4, -0.2) is 16.9 Å². The van der Waals surface area contributed by atoms with Gasteiger partial charge in [-0.2, -0.15) is 0 Å². The molecule has 0 aliphatic rings. The van der Waals surface area contributed by atoms with Gasteiger partial charge in [-0.3, -0.25) is 9.59 Å². The van der Waals surface area contributed by atoms with Gasteiger partial charge in [0.1, 0.15) is 5.78 Å². The number of allylic oxidation sites excluding steroid dienone is 6. The van der Waals surface area contributed by atoms with Gasteiger partial charge in [0.2, 0.25) is 0 Å². The molecular weight excluding hydrogens is 252 g/mol. The Morgan fingerprint density at radius 2 is 1.50 bits per heavy atom. The van der Waals surface area contributed by atoms with Crippen molar-refractivity contribution in [3.63, 3.8) is 0 Å². The van der Waals surface area contributed by atoms with E-state index in [4.69, 9.17) is 5.11 Å². The van der Waals surface area contributed by atoms with Gasteiger partial charge in [-0.05, 0) is 25.7 Å². The molecule has 0 saturated carbocycles. The first kappa shape index (κ1) is 18.4. The van der Waals surface area contributed by atoms with Crippen LogP contribution in [0, 0.1) is 0 Å². The van der Waals surface area contributed by atoms with Crippen LogP contribution in [0.4, 0.5) is 0 Å². The summed E-state index contributed by atoms with van der Waals surface area (Å²) >= 11 is 0. The lowest BCUT2D eigenvalue weighted by Crippen LogP contribution is -2.02. The summed E-state index contributed by atoms with van der Waals surface area (Å²) in [5, 5.41) is 8.45. The monoisotopic (exact) mass is 278 g/mol. The molecule has 0 fully saturated rings. The minimum absolute atomic E-state index is 0.0465. The predicted molar refractivity (Wildman–Crippen MR) is 82.7 cm³/mol. The van der Waals surface area contributed by atoms with Crippen LogP contribution in [0.25, 0.3) is 0 Å². The van der Waals surface area contributed by atoms with Crippen LogP contribution < -0.4 is 0 Å². The maximum absolute atomic E-state index is 11.3. The summed E-state index contributed by atoms with van der Waals surface area (Å²) in [5.74, 6) is -0.849. The summed E-state index contributed by atoms with van der Waals surface area (Å²) in [6, 6.07) is 0. The van der Waals surface area contributed by atoms with Crippen molar-refractivity contribution in [3.8, 4) is 0 Å². The summed E-state index contributed by atoms with van der Waals surface area (Å²) in [6.45, 7) is 2.15. The van der Waals surface area contributed by atoms with Gasteiger partial charge in [0, 0.05) is 12.8 Å². The molecule has 0 atom stereocenters. The third-order valence-electron chi connectivity index (χ3n) is 2.75. The Labute approximate surface area is 122 Å². The molecule has 0 heterocycles. The molecule has 0 aliphatic heterocycles. The molecule has 0 spiro atoms. The molecule has 0 amide bonds. The average Bonchev–Trinajstić information content (AvgIpc) is 2.42. The zero-order chi connectivity index (χ0) is 15.1. The highest BCUT2D eigenvalue weighted by atomic mass is 16.4. The van der Waals surface area contributed by atoms with E-state index in [2.05, 4.69) is 25.2 Å². The second-order valence-electron chi connectivity index (χ2n) is 4.71. The van der Waals surface area contributed by atoms with Crippen LogP contribution in [0.15, 0.2) is 36.5 Å². The van der Waals surface area contributed by atoms with Crippen LogP contribution in [0.5, 0.6) is 0 Å². The molecule has 0 bridgehead atoms. The second kappa shape index (κ2) is 13.8. The van der Waals surface area contributed by atoms with Gasteiger partial charge in [0.15, 0.2) is 0 Å². The number of hydrogen-bond acceptors (Lipinski definition) is 2. The molecule has 0 aliphatic carbocycles. The first-order chi connectivity index (χ1) is 9.66. The Balaban J connectivity index is 3.47. The van der Waals surface area contributed by atoms with E-state index in [1.807, 2.05) is 18.2 Å². The Morgan fingerprint density at radius 3 is 2.10 bits per heavy atom. The highest BCUT2D eigenvalue weighted by Crippen LogP contribution is 2.05. The number of unbranched alkanes of at least 4 members (excludes halogenated alkanes) is 3. The minimum Gasteiger partial charge on any atom is -0.481 e. The maximum Gasteiger partial charge on any atom is 0.303 e.